The van der Waals surface area contributed by atoms with Gasteiger partial charge in [0.25, 0.3) is 0 Å². The van der Waals surface area contributed by atoms with Crippen molar-refractivity contribution in [2.45, 2.75) is 18.9 Å². The molecule has 3 heteroatoms. The SMILES string of the molecule is OC(C(=S)N1CCCC1)c1ccccc1. The van der Waals surface area contributed by atoms with Crippen molar-refractivity contribution in [1.29, 1.82) is 0 Å². The first kappa shape index (κ1) is 10.6. The smallest absolute Gasteiger partial charge is 0.129 e. The van der Waals surface area contributed by atoms with Crippen molar-refractivity contribution in [3.8, 4) is 0 Å². The van der Waals surface area contributed by atoms with Crippen molar-refractivity contribution in [2.75, 3.05) is 13.1 Å². The Balaban J connectivity index is 2.07. The van der Waals surface area contributed by atoms with Crippen LogP contribution in [0.3, 0.4) is 0 Å². The van der Waals surface area contributed by atoms with Crippen molar-refractivity contribution in [3.05, 3.63) is 35.9 Å². The second-order valence-corrected chi connectivity index (χ2v) is 4.26. The van der Waals surface area contributed by atoms with Gasteiger partial charge in [-0.15, -0.1) is 0 Å². The van der Waals surface area contributed by atoms with Crippen LogP contribution < -0.4 is 0 Å². The normalized spacial score (nSPS) is 17.8. The third kappa shape index (κ3) is 2.36. The minimum atomic E-state index is -0.626. The van der Waals surface area contributed by atoms with Gasteiger partial charge in [-0.3, -0.25) is 0 Å². The van der Waals surface area contributed by atoms with E-state index in [0.29, 0.717) is 4.99 Å². The highest BCUT2D eigenvalue weighted by Crippen LogP contribution is 2.19. The lowest BCUT2D eigenvalue weighted by Crippen LogP contribution is -2.30. The van der Waals surface area contributed by atoms with Crippen LogP contribution in [0.2, 0.25) is 0 Å². The molecule has 0 saturated carbocycles. The highest BCUT2D eigenvalue weighted by Gasteiger charge is 2.21. The molecule has 0 aliphatic carbocycles. The Hall–Kier alpha value is -0.930. The van der Waals surface area contributed by atoms with Crippen LogP contribution in [-0.2, 0) is 0 Å². The van der Waals surface area contributed by atoms with E-state index in [-0.39, 0.29) is 0 Å². The molecule has 80 valence electrons. The molecule has 0 radical (unpaired) electrons. The molecule has 2 nitrogen and oxygen atoms in total. The fraction of sp³-hybridized carbons (Fsp3) is 0.417. The third-order valence-electron chi connectivity index (χ3n) is 2.77. The van der Waals surface area contributed by atoms with Gasteiger partial charge < -0.3 is 10.0 Å². The number of hydrogen-bond donors (Lipinski definition) is 1. The zero-order valence-corrected chi connectivity index (χ0v) is 9.41. The molecule has 1 atom stereocenters. The Morgan fingerprint density at radius 2 is 1.80 bits per heavy atom. The van der Waals surface area contributed by atoms with Gasteiger partial charge in [0.1, 0.15) is 11.1 Å². The van der Waals surface area contributed by atoms with Crippen LogP contribution in [0.4, 0.5) is 0 Å². The lowest BCUT2D eigenvalue weighted by molar-refractivity contribution is 0.233. The Morgan fingerprint density at radius 3 is 2.40 bits per heavy atom. The van der Waals surface area contributed by atoms with Gasteiger partial charge in [0.2, 0.25) is 0 Å². The van der Waals surface area contributed by atoms with Gasteiger partial charge in [-0.2, -0.15) is 0 Å². The lowest BCUT2D eigenvalue weighted by Gasteiger charge is -2.22. The largest absolute Gasteiger partial charge is 0.381 e. The lowest BCUT2D eigenvalue weighted by atomic mass is 10.1. The van der Waals surface area contributed by atoms with Crippen molar-refractivity contribution < 1.29 is 5.11 Å². The van der Waals surface area contributed by atoms with Crippen LogP contribution in [0, 0.1) is 0 Å². The zero-order valence-electron chi connectivity index (χ0n) is 8.60. The number of aliphatic hydroxyl groups is 1. The first-order valence-electron chi connectivity index (χ1n) is 5.31. The van der Waals surface area contributed by atoms with E-state index in [1.807, 2.05) is 30.3 Å². The molecule has 0 spiro atoms. The maximum absolute atomic E-state index is 10.1. The summed E-state index contributed by atoms with van der Waals surface area (Å²) in [4.78, 5) is 2.77. The van der Waals surface area contributed by atoms with Crippen LogP contribution >= 0.6 is 12.2 Å². The molecule has 1 heterocycles. The summed E-state index contributed by atoms with van der Waals surface area (Å²) in [5, 5.41) is 10.1. The number of hydrogen-bond acceptors (Lipinski definition) is 2. The number of benzene rings is 1. The average Bonchev–Trinajstić information content (AvgIpc) is 2.82. The minimum absolute atomic E-state index is 0.626. The Bertz CT molecular complexity index is 333. The molecule has 1 N–H and O–H groups in total. The summed E-state index contributed by atoms with van der Waals surface area (Å²) in [6.45, 7) is 1.98. The number of thiocarbonyl (C=S) groups is 1. The number of nitrogens with zero attached hydrogens (tertiary/aromatic N) is 1. The van der Waals surface area contributed by atoms with Crippen molar-refractivity contribution >= 4 is 17.2 Å². The Kier molecular flexibility index (Phi) is 3.34. The third-order valence-corrected chi connectivity index (χ3v) is 3.25. The molecule has 1 unspecified atom stereocenters. The molecule has 1 aliphatic rings. The van der Waals surface area contributed by atoms with Crippen LogP contribution in [0.15, 0.2) is 30.3 Å². The maximum Gasteiger partial charge on any atom is 0.129 e. The molecule has 0 aromatic heterocycles. The summed E-state index contributed by atoms with van der Waals surface area (Å²) in [5.41, 5.74) is 0.884. The second-order valence-electron chi connectivity index (χ2n) is 3.85. The number of aliphatic hydroxyl groups excluding tert-OH is 1. The van der Waals surface area contributed by atoms with Crippen LogP contribution in [0.1, 0.15) is 24.5 Å². The molecule has 1 saturated heterocycles. The summed E-state index contributed by atoms with van der Waals surface area (Å²) >= 11 is 5.29. The molecule has 1 aliphatic heterocycles. The van der Waals surface area contributed by atoms with Crippen LogP contribution in [-0.4, -0.2) is 28.1 Å². The molecule has 2 rings (SSSR count). The van der Waals surface area contributed by atoms with Crippen molar-refractivity contribution in [1.82, 2.24) is 4.90 Å². The van der Waals surface area contributed by atoms with Gasteiger partial charge in [0.15, 0.2) is 0 Å². The molecular weight excluding hydrogens is 206 g/mol. The number of likely N-dealkylation sites (tertiary alicyclic amines) is 1. The molecule has 0 amide bonds. The molecule has 1 fully saturated rings. The van der Waals surface area contributed by atoms with Gasteiger partial charge >= 0.3 is 0 Å². The monoisotopic (exact) mass is 221 g/mol. The van der Waals surface area contributed by atoms with Crippen molar-refractivity contribution in [2.24, 2.45) is 0 Å². The van der Waals surface area contributed by atoms with E-state index in [2.05, 4.69) is 4.90 Å². The van der Waals surface area contributed by atoms with E-state index in [1.165, 1.54) is 12.8 Å². The average molecular weight is 221 g/mol. The summed E-state index contributed by atoms with van der Waals surface area (Å²) in [6, 6.07) is 9.60. The summed E-state index contributed by atoms with van der Waals surface area (Å²) < 4.78 is 0. The van der Waals surface area contributed by atoms with E-state index in [1.54, 1.807) is 0 Å². The highest BCUT2D eigenvalue weighted by molar-refractivity contribution is 7.80. The quantitative estimate of drug-likeness (QED) is 0.774. The second kappa shape index (κ2) is 4.73. The first-order valence-corrected chi connectivity index (χ1v) is 5.71. The summed E-state index contributed by atoms with van der Waals surface area (Å²) in [7, 11) is 0. The Labute approximate surface area is 95.5 Å². The van der Waals surface area contributed by atoms with E-state index in [4.69, 9.17) is 12.2 Å². The zero-order chi connectivity index (χ0) is 10.7. The van der Waals surface area contributed by atoms with Gasteiger partial charge in [-0.05, 0) is 18.4 Å². The van der Waals surface area contributed by atoms with Crippen LogP contribution in [0.5, 0.6) is 0 Å². The van der Waals surface area contributed by atoms with E-state index in [0.717, 1.165) is 18.7 Å². The standard InChI is InChI=1S/C12H15NOS/c14-11(10-6-2-1-3-7-10)12(15)13-8-4-5-9-13/h1-3,6-7,11,14H,4-5,8-9H2. The van der Waals surface area contributed by atoms with E-state index < -0.39 is 6.10 Å². The van der Waals surface area contributed by atoms with Gasteiger partial charge in [-0.1, -0.05) is 42.5 Å². The van der Waals surface area contributed by atoms with E-state index in [9.17, 15) is 5.11 Å². The van der Waals surface area contributed by atoms with Gasteiger partial charge in [0, 0.05) is 13.1 Å². The molecule has 1 aromatic rings. The maximum atomic E-state index is 10.1. The number of rotatable bonds is 2. The van der Waals surface area contributed by atoms with Gasteiger partial charge in [0.05, 0.1) is 0 Å². The predicted molar refractivity (Wildman–Crippen MR) is 64.8 cm³/mol. The fourth-order valence-corrected chi connectivity index (χ4v) is 2.21. The Morgan fingerprint density at radius 1 is 1.20 bits per heavy atom. The first-order chi connectivity index (χ1) is 7.29. The molecule has 1 aromatic carbocycles. The van der Waals surface area contributed by atoms with Gasteiger partial charge in [-0.25, -0.2) is 0 Å². The topological polar surface area (TPSA) is 23.5 Å². The fourth-order valence-electron chi connectivity index (χ4n) is 1.89. The highest BCUT2D eigenvalue weighted by atomic mass is 32.1. The van der Waals surface area contributed by atoms with Crippen molar-refractivity contribution in [3.63, 3.8) is 0 Å². The predicted octanol–water partition coefficient (Wildman–Crippen LogP) is 2.14. The van der Waals surface area contributed by atoms with Crippen LogP contribution in [0.25, 0.3) is 0 Å². The minimum Gasteiger partial charge on any atom is -0.381 e. The molecule has 0 bridgehead atoms. The summed E-state index contributed by atoms with van der Waals surface area (Å²) in [6.07, 6.45) is 1.74. The molecular formula is C12H15NOS. The summed E-state index contributed by atoms with van der Waals surface area (Å²) in [5.74, 6) is 0. The van der Waals surface area contributed by atoms with E-state index >= 15 is 0 Å². The molecule has 15 heavy (non-hydrogen) atoms.